The van der Waals surface area contributed by atoms with Gasteiger partial charge in [-0.25, -0.2) is 15.0 Å². The monoisotopic (exact) mass is 338 g/mol. The average Bonchev–Trinajstić information content (AvgIpc) is 2.98. The fraction of sp³-hybridized carbons (Fsp3) is 0.357. The highest BCUT2D eigenvalue weighted by molar-refractivity contribution is 6.33. The van der Waals surface area contributed by atoms with Gasteiger partial charge in [-0.15, -0.1) is 0 Å². The van der Waals surface area contributed by atoms with Gasteiger partial charge in [0.15, 0.2) is 16.7 Å². The van der Waals surface area contributed by atoms with E-state index in [4.69, 9.17) is 11.6 Å². The van der Waals surface area contributed by atoms with E-state index in [-0.39, 0.29) is 11.6 Å². The molecule has 0 amide bonds. The summed E-state index contributed by atoms with van der Waals surface area (Å²) in [7, 11) is 2.45. The number of rotatable bonds is 6. The molecule has 122 valence electrons. The molecule has 2 aromatic heterocycles. The minimum atomic E-state index is -0.974. The molecule has 9 heteroatoms. The molecule has 0 saturated heterocycles. The lowest BCUT2D eigenvalue weighted by Crippen LogP contribution is -2.25. The van der Waals surface area contributed by atoms with Gasteiger partial charge in [0.1, 0.15) is 11.8 Å². The molecular formula is C14H15ClN4O4. The number of fused-ring (bicyclic) bond motifs is 1. The minimum Gasteiger partial charge on any atom is -0.468 e. The molecule has 8 nitrogen and oxygen atoms in total. The normalized spacial score (nSPS) is 11.3. The fourth-order valence-corrected chi connectivity index (χ4v) is 2.16. The molecule has 2 rings (SSSR count). The van der Waals surface area contributed by atoms with E-state index in [2.05, 4.69) is 24.4 Å². The number of aromatic nitrogens is 4. The van der Waals surface area contributed by atoms with Crippen molar-refractivity contribution in [2.75, 3.05) is 14.2 Å². The van der Waals surface area contributed by atoms with Crippen molar-refractivity contribution < 1.29 is 19.1 Å². The van der Waals surface area contributed by atoms with Crippen LogP contribution in [-0.4, -0.2) is 45.7 Å². The summed E-state index contributed by atoms with van der Waals surface area (Å²) in [6.45, 7) is 0.457. The van der Waals surface area contributed by atoms with Gasteiger partial charge in [0, 0.05) is 6.54 Å². The zero-order chi connectivity index (χ0) is 16.8. The van der Waals surface area contributed by atoms with Crippen LogP contribution < -0.4 is 0 Å². The predicted molar refractivity (Wildman–Crippen MR) is 81.6 cm³/mol. The summed E-state index contributed by atoms with van der Waals surface area (Å²) in [4.78, 5) is 35.2. The van der Waals surface area contributed by atoms with Crippen molar-refractivity contribution in [2.45, 2.75) is 13.0 Å². The molecule has 0 bridgehead atoms. The molecule has 0 spiro atoms. The molecule has 0 aliphatic carbocycles. The second-order valence-electron chi connectivity index (χ2n) is 4.54. The van der Waals surface area contributed by atoms with Crippen molar-refractivity contribution in [3.8, 4) is 0 Å². The van der Waals surface area contributed by atoms with Crippen molar-refractivity contribution in [3.05, 3.63) is 30.0 Å². The van der Waals surface area contributed by atoms with Crippen molar-refractivity contribution >= 4 is 34.7 Å². The Kier molecular flexibility index (Phi) is 5.64. The van der Waals surface area contributed by atoms with E-state index in [0.29, 0.717) is 17.7 Å². The third-order valence-corrected chi connectivity index (χ3v) is 3.45. The molecule has 2 aromatic rings. The number of hydrogen-bond donors (Lipinski definition) is 0. The van der Waals surface area contributed by atoms with Crippen molar-refractivity contribution in [3.63, 3.8) is 0 Å². The third kappa shape index (κ3) is 3.84. The van der Waals surface area contributed by atoms with Crippen LogP contribution >= 0.6 is 11.6 Å². The second-order valence-corrected chi connectivity index (χ2v) is 4.90. The van der Waals surface area contributed by atoms with Crippen LogP contribution in [0, 0.1) is 5.92 Å². The van der Waals surface area contributed by atoms with Crippen LogP contribution in [0.25, 0.3) is 11.2 Å². The summed E-state index contributed by atoms with van der Waals surface area (Å²) >= 11 is 5.93. The summed E-state index contributed by atoms with van der Waals surface area (Å²) in [6.07, 6.45) is 6.62. The first-order valence-electron chi connectivity index (χ1n) is 6.70. The molecule has 0 atom stereocenters. The maximum absolute atomic E-state index is 11.5. The first kappa shape index (κ1) is 16.9. The van der Waals surface area contributed by atoms with Crippen LogP contribution in [0.5, 0.6) is 0 Å². The van der Waals surface area contributed by atoms with E-state index in [1.807, 2.05) is 0 Å². The fourth-order valence-electron chi connectivity index (χ4n) is 1.98. The maximum atomic E-state index is 11.5. The molecular weight excluding hydrogens is 324 g/mol. The number of halogens is 1. The Hall–Kier alpha value is -2.48. The number of nitrogens with zero attached hydrogens (tertiary/aromatic N) is 4. The van der Waals surface area contributed by atoms with Gasteiger partial charge in [0.05, 0.1) is 20.5 Å². The summed E-state index contributed by atoms with van der Waals surface area (Å²) in [5, 5.41) is 0.286. The smallest absolute Gasteiger partial charge is 0.320 e. The second kappa shape index (κ2) is 7.68. The Morgan fingerprint density at radius 1 is 1.22 bits per heavy atom. The van der Waals surface area contributed by atoms with Gasteiger partial charge >= 0.3 is 11.9 Å². The number of methoxy groups -OCH3 is 2. The van der Waals surface area contributed by atoms with Gasteiger partial charge < -0.3 is 14.0 Å². The number of imidazole rings is 1. The zero-order valence-electron chi connectivity index (χ0n) is 12.6. The molecule has 23 heavy (non-hydrogen) atoms. The average molecular weight is 339 g/mol. The minimum absolute atomic E-state index is 0.182. The van der Waals surface area contributed by atoms with Crippen LogP contribution in [0.4, 0.5) is 0 Å². The Bertz CT molecular complexity index is 727. The van der Waals surface area contributed by atoms with Crippen LogP contribution in [0.15, 0.2) is 24.8 Å². The highest BCUT2D eigenvalue weighted by atomic mass is 35.5. The first-order chi connectivity index (χ1) is 11.1. The number of carbonyl (C=O) groups is 2. The lowest BCUT2D eigenvalue weighted by Gasteiger charge is -2.09. The van der Waals surface area contributed by atoms with Crippen LogP contribution in [0.1, 0.15) is 6.42 Å². The molecule has 0 fully saturated rings. The molecule has 0 aliphatic heterocycles. The Morgan fingerprint density at radius 3 is 2.57 bits per heavy atom. The molecule has 0 N–H and O–H groups in total. The zero-order valence-corrected chi connectivity index (χ0v) is 13.4. The molecule has 0 radical (unpaired) electrons. The number of ether oxygens (including phenoxy) is 2. The number of carbonyl (C=O) groups excluding carboxylic acids is 2. The molecule has 0 saturated carbocycles. The third-order valence-electron chi connectivity index (χ3n) is 3.17. The lowest BCUT2D eigenvalue weighted by atomic mass is 10.1. The van der Waals surface area contributed by atoms with Crippen molar-refractivity contribution in [1.29, 1.82) is 0 Å². The standard InChI is InChI=1S/C14H15ClN4O4/c1-22-13(20)9(14(21)23-2)5-3-4-6-19-8-18-10-11(15)16-7-17-12(10)19/h3-4,7-9H,5-6H2,1-2H3/b4-3+. The number of allylic oxidation sites excluding steroid dienone is 2. The molecule has 0 aliphatic rings. The summed E-state index contributed by atoms with van der Waals surface area (Å²) in [5.74, 6) is -2.24. The highest BCUT2D eigenvalue weighted by Crippen LogP contribution is 2.17. The van der Waals surface area contributed by atoms with E-state index in [0.717, 1.165) is 0 Å². The van der Waals surface area contributed by atoms with Crippen LogP contribution in [-0.2, 0) is 25.6 Å². The van der Waals surface area contributed by atoms with Crippen molar-refractivity contribution in [1.82, 2.24) is 19.5 Å². The SMILES string of the molecule is COC(=O)C(C/C=C/Cn1cnc2c(Cl)ncnc21)C(=O)OC. The van der Waals surface area contributed by atoms with Gasteiger partial charge in [0.25, 0.3) is 0 Å². The maximum Gasteiger partial charge on any atom is 0.320 e. The Morgan fingerprint density at radius 2 is 1.91 bits per heavy atom. The summed E-state index contributed by atoms with van der Waals surface area (Å²) in [5.41, 5.74) is 1.12. The summed E-state index contributed by atoms with van der Waals surface area (Å²) < 4.78 is 10.9. The van der Waals surface area contributed by atoms with Crippen LogP contribution in [0.2, 0.25) is 5.15 Å². The molecule has 0 unspecified atom stereocenters. The van der Waals surface area contributed by atoms with Gasteiger partial charge in [-0.1, -0.05) is 23.8 Å². The predicted octanol–water partition coefficient (Wildman–Crippen LogP) is 1.39. The van der Waals surface area contributed by atoms with Gasteiger partial charge in [-0.3, -0.25) is 9.59 Å². The van der Waals surface area contributed by atoms with E-state index >= 15 is 0 Å². The molecule has 0 aromatic carbocycles. The lowest BCUT2D eigenvalue weighted by molar-refractivity contribution is -0.158. The van der Waals surface area contributed by atoms with E-state index < -0.39 is 17.9 Å². The van der Waals surface area contributed by atoms with E-state index in [1.165, 1.54) is 20.5 Å². The topological polar surface area (TPSA) is 96.2 Å². The van der Waals surface area contributed by atoms with Gasteiger partial charge in [-0.2, -0.15) is 0 Å². The summed E-state index contributed by atoms with van der Waals surface area (Å²) in [6, 6.07) is 0. The first-order valence-corrected chi connectivity index (χ1v) is 7.08. The van der Waals surface area contributed by atoms with Gasteiger partial charge in [0.2, 0.25) is 0 Å². The molecule has 2 heterocycles. The van der Waals surface area contributed by atoms with E-state index in [1.54, 1.807) is 23.0 Å². The van der Waals surface area contributed by atoms with Crippen LogP contribution in [0.3, 0.4) is 0 Å². The number of hydrogen-bond acceptors (Lipinski definition) is 7. The Balaban J connectivity index is 2.04. The number of esters is 2. The highest BCUT2D eigenvalue weighted by Gasteiger charge is 2.27. The van der Waals surface area contributed by atoms with Gasteiger partial charge in [-0.05, 0) is 6.42 Å². The largest absolute Gasteiger partial charge is 0.468 e. The van der Waals surface area contributed by atoms with Crippen molar-refractivity contribution in [2.24, 2.45) is 5.92 Å². The Labute approximate surface area is 137 Å². The van der Waals surface area contributed by atoms with E-state index in [9.17, 15) is 9.59 Å². The quantitative estimate of drug-likeness (QED) is 0.340.